The Bertz CT molecular complexity index is 1270. The fourth-order valence-electron chi connectivity index (χ4n) is 4.39. The van der Waals surface area contributed by atoms with Gasteiger partial charge in [-0.25, -0.2) is 9.97 Å². The highest BCUT2D eigenvalue weighted by Crippen LogP contribution is 2.39. The van der Waals surface area contributed by atoms with Crippen molar-refractivity contribution in [1.29, 1.82) is 0 Å². The molecule has 1 aliphatic carbocycles. The fraction of sp³-hybridized carbons (Fsp3) is 0.417. The molecule has 6 rings (SSSR count). The molecule has 2 fully saturated rings. The van der Waals surface area contributed by atoms with Crippen LogP contribution in [-0.2, 0) is 11.3 Å². The smallest absolute Gasteiger partial charge is 0.225 e. The number of aryl methyl sites for hydroxylation is 1. The molecular formula is C24H28N8O. The van der Waals surface area contributed by atoms with Crippen molar-refractivity contribution in [2.45, 2.75) is 57.7 Å². The van der Waals surface area contributed by atoms with Gasteiger partial charge in [-0.15, -0.1) is 0 Å². The molecule has 0 bridgehead atoms. The van der Waals surface area contributed by atoms with E-state index < -0.39 is 0 Å². The average Bonchev–Trinajstić information content (AvgIpc) is 3.43. The number of aromatic nitrogens is 6. The van der Waals surface area contributed by atoms with E-state index >= 15 is 0 Å². The molecule has 1 aliphatic heterocycles. The zero-order chi connectivity index (χ0) is 22.2. The number of rotatable bonds is 7. The lowest BCUT2D eigenvalue weighted by molar-refractivity contribution is -0.0295. The number of H-pyrrole nitrogens is 1. The van der Waals surface area contributed by atoms with Gasteiger partial charge in [-0.05, 0) is 56.7 Å². The molecule has 1 aromatic carbocycles. The Morgan fingerprint density at radius 3 is 2.88 bits per heavy atom. The standard InChI is InChI=1S/C24H28N8O/c1-15-10-21(28-22-12-18(30-31-22)17-6-7-17)29-24(27-15)25-13-16-5-8-20-19(11-16)26-14-32(20)23-4-2-3-9-33-23/h5,8,10-12,14,17,23H,2-4,6-7,9,13H2,1H3,(H3,25,27,28,29,30,31). The van der Waals surface area contributed by atoms with Gasteiger partial charge in [-0.2, -0.15) is 10.1 Å². The van der Waals surface area contributed by atoms with Crippen molar-refractivity contribution in [3.63, 3.8) is 0 Å². The quantitative estimate of drug-likeness (QED) is 0.376. The topological polar surface area (TPSA) is 106 Å². The summed E-state index contributed by atoms with van der Waals surface area (Å²) in [5.74, 6) is 2.72. The summed E-state index contributed by atoms with van der Waals surface area (Å²) in [6, 6.07) is 10.3. The molecule has 33 heavy (non-hydrogen) atoms. The van der Waals surface area contributed by atoms with Crippen molar-refractivity contribution in [1.82, 2.24) is 29.7 Å². The van der Waals surface area contributed by atoms with Crippen LogP contribution in [0.4, 0.5) is 17.6 Å². The first-order chi connectivity index (χ1) is 16.2. The van der Waals surface area contributed by atoms with Crippen LogP contribution in [0.5, 0.6) is 0 Å². The van der Waals surface area contributed by atoms with Crippen molar-refractivity contribution < 1.29 is 4.74 Å². The summed E-state index contributed by atoms with van der Waals surface area (Å²) in [5.41, 5.74) is 5.27. The summed E-state index contributed by atoms with van der Waals surface area (Å²) in [7, 11) is 0. The summed E-state index contributed by atoms with van der Waals surface area (Å²) in [6.45, 7) is 3.39. The molecule has 4 heterocycles. The Morgan fingerprint density at radius 1 is 1.09 bits per heavy atom. The van der Waals surface area contributed by atoms with Crippen LogP contribution in [0.2, 0.25) is 0 Å². The lowest BCUT2D eigenvalue weighted by Gasteiger charge is -2.24. The molecule has 9 nitrogen and oxygen atoms in total. The molecule has 1 saturated heterocycles. The molecule has 1 unspecified atom stereocenters. The van der Waals surface area contributed by atoms with Crippen LogP contribution in [-0.4, -0.2) is 36.3 Å². The Hall–Kier alpha value is -3.46. The van der Waals surface area contributed by atoms with E-state index in [0.717, 1.165) is 53.4 Å². The van der Waals surface area contributed by atoms with Crippen molar-refractivity contribution in [3.05, 3.63) is 53.6 Å². The molecule has 3 aromatic heterocycles. The van der Waals surface area contributed by atoms with Gasteiger partial charge >= 0.3 is 0 Å². The second-order valence-electron chi connectivity index (χ2n) is 8.98. The van der Waals surface area contributed by atoms with Crippen LogP contribution in [0.25, 0.3) is 11.0 Å². The van der Waals surface area contributed by atoms with Crippen LogP contribution >= 0.6 is 0 Å². The first-order valence-electron chi connectivity index (χ1n) is 11.7. The third-order valence-electron chi connectivity index (χ3n) is 6.28. The van der Waals surface area contributed by atoms with Gasteiger partial charge in [-0.3, -0.25) is 5.10 Å². The molecule has 0 amide bonds. The number of hydrogen-bond acceptors (Lipinski definition) is 7. The van der Waals surface area contributed by atoms with Crippen LogP contribution in [0, 0.1) is 6.92 Å². The normalized spacial score (nSPS) is 18.5. The summed E-state index contributed by atoms with van der Waals surface area (Å²) >= 11 is 0. The second kappa shape index (κ2) is 8.47. The molecule has 2 aliphatic rings. The lowest BCUT2D eigenvalue weighted by Crippen LogP contribution is -2.17. The van der Waals surface area contributed by atoms with Crippen molar-refractivity contribution >= 4 is 28.6 Å². The Kier molecular flexibility index (Phi) is 5.18. The Morgan fingerprint density at radius 2 is 2.03 bits per heavy atom. The van der Waals surface area contributed by atoms with E-state index in [1.807, 2.05) is 19.3 Å². The zero-order valence-corrected chi connectivity index (χ0v) is 18.7. The lowest BCUT2D eigenvalue weighted by atomic mass is 10.1. The minimum absolute atomic E-state index is 0.0919. The third kappa shape index (κ3) is 4.41. The molecule has 9 heteroatoms. The Labute approximate surface area is 192 Å². The van der Waals surface area contributed by atoms with Crippen LogP contribution in [0.15, 0.2) is 36.7 Å². The van der Waals surface area contributed by atoms with E-state index in [2.05, 4.69) is 64.6 Å². The van der Waals surface area contributed by atoms with Gasteiger partial charge in [-0.1, -0.05) is 6.07 Å². The van der Waals surface area contributed by atoms with E-state index in [1.54, 1.807) is 0 Å². The van der Waals surface area contributed by atoms with Crippen LogP contribution in [0.1, 0.15) is 61.2 Å². The highest BCUT2D eigenvalue weighted by molar-refractivity contribution is 5.76. The van der Waals surface area contributed by atoms with Crippen LogP contribution < -0.4 is 10.6 Å². The van der Waals surface area contributed by atoms with Gasteiger partial charge in [0, 0.05) is 42.6 Å². The predicted octanol–water partition coefficient (Wildman–Crippen LogP) is 4.79. The molecular weight excluding hydrogens is 416 g/mol. The van der Waals surface area contributed by atoms with E-state index in [1.165, 1.54) is 25.0 Å². The maximum absolute atomic E-state index is 5.93. The molecule has 0 spiro atoms. The van der Waals surface area contributed by atoms with Gasteiger partial charge in [0.2, 0.25) is 5.95 Å². The number of hydrogen-bond donors (Lipinski definition) is 3. The van der Waals surface area contributed by atoms with Gasteiger partial charge in [0.25, 0.3) is 0 Å². The second-order valence-corrected chi connectivity index (χ2v) is 8.98. The van der Waals surface area contributed by atoms with E-state index in [9.17, 15) is 0 Å². The monoisotopic (exact) mass is 444 g/mol. The number of nitrogens with one attached hydrogen (secondary N) is 3. The van der Waals surface area contributed by atoms with Gasteiger partial charge in [0.1, 0.15) is 12.0 Å². The first-order valence-corrected chi connectivity index (χ1v) is 11.7. The summed E-state index contributed by atoms with van der Waals surface area (Å²) in [6.07, 6.45) is 7.83. The molecule has 170 valence electrons. The van der Waals surface area contributed by atoms with E-state index in [-0.39, 0.29) is 6.23 Å². The SMILES string of the molecule is Cc1cc(Nc2cc(C3CC3)[nH]n2)nc(NCc2ccc3c(c2)ncn3C2CCCCO2)n1. The largest absolute Gasteiger partial charge is 0.358 e. The van der Waals surface area contributed by atoms with Gasteiger partial charge in [0.15, 0.2) is 5.82 Å². The minimum Gasteiger partial charge on any atom is -0.358 e. The average molecular weight is 445 g/mol. The molecule has 4 aromatic rings. The molecule has 3 N–H and O–H groups in total. The highest BCUT2D eigenvalue weighted by atomic mass is 16.5. The maximum atomic E-state index is 5.93. The summed E-state index contributed by atoms with van der Waals surface area (Å²) in [4.78, 5) is 13.8. The number of nitrogens with zero attached hydrogens (tertiary/aromatic N) is 5. The van der Waals surface area contributed by atoms with Gasteiger partial charge in [0.05, 0.1) is 17.4 Å². The third-order valence-corrected chi connectivity index (χ3v) is 6.28. The van der Waals surface area contributed by atoms with Gasteiger partial charge < -0.3 is 19.9 Å². The Balaban J connectivity index is 1.14. The fourth-order valence-corrected chi connectivity index (χ4v) is 4.39. The number of imidazole rings is 1. The molecule has 1 saturated carbocycles. The van der Waals surface area contributed by atoms with E-state index in [4.69, 9.17) is 4.74 Å². The van der Waals surface area contributed by atoms with E-state index in [0.29, 0.717) is 18.4 Å². The predicted molar refractivity (Wildman–Crippen MR) is 127 cm³/mol. The summed E-state index contributed by atoms with van der Waals surface area (Å²) in [5, 5.41) is 14.1. The number of benzene rings is 1. The summed E-state index contributed by atoms with van der Waals surface area (Å²) < 4.78 is 8.08. The maximum Gasteiger partial charge on any atom is 0.225 e. The minimum atomic E-state index is 0.0919. The molecule has 0 radical (unpaired) electrons. The number of aromatic amines is 1. The van der Waals surface area contributed by atoms with Crippen molar-refractivity contribution in [2.75, 3.05) is 17.2 Å². The number of anilines is 3. The van der Waals surface area contributed by atoms with Crippen molar-refractivity contribution in [3.8, 4) is 0 Å². The molecule has 1 atom stereocenters. The number of fused-ring (bicyclic) bond motifs is 1. The van der Waals surface area contributed by atoms with Crippen molar-refractivity contribution in [2.24, 2.45) is 0 Å². The zero-order valence-electron chi connectivity index (χ0n) is 18.7. The first kappa shape index (κ1) is 20.2. The number of ether oxygens (including phenoxy) is 1. The highest BCUT2D eigenvalue weighted by Gasteiger charge is 2.25. The van der Waals surface area contributed by atoms with Crippen LogP contribution in [0.3, 0.4) is 0 Å².